The number of hydrogen-bond donors (Lipinski definition) is 4. The van der Waals surface area contributed by atoms with Crippen LogP contribution in [0, 0.1) is 0 Å². The number of pyridine rings is 2. The number of halogens is 2. The van der Waals surface area contributed by atoms with E-state index < -0.39 is 6.09 Å². The van der Waals surface area contributed by atoms with E-state index in [9.17, 15) is 19.5 Å². The highest BCUT2D eigenvalue weighted by Gasteiger charge is 2.28. The van der Waals surface area contributed by atoms with Crippen molar-refractivity contribution in [1.29, 1.82) is 0 Å². The number of aryl methyl sites for hydroxylation is 1. The summed E-state index contributed by atoms with van der Waals surface area (Å²) < 4.78 is 5.61. The van der Waals surface area contributed by atoms with Crippen molar-refractivity contribution in [2.75, 3.05) is 20.2 Å². The van der Waals surface area contributed by atoms with Gasteiger partial charge in [-0.2, -0.15) is 0 Å². The van der Waals surface area contributed by atoms with Crippen LogP contribution in [0.3, 0.4) is 0 Å². The van der Waals surface area contributed by atoms with E-state index >= 15 is 0 Å². The molecule has 0 radical (unpaired) electrons. The smallest absolute Gasteiger partial charge is 0.407 e. The maximum absolute atomic E-state index is 12.1. The molecular formula is C39H40Cl2N6O5. The van der Waals surface area contributed by atoms with E-state index in [4.69, 9.17) is 37.9 Å². The summed E-state index contributed by atoms with van der Waals surface area (Å²) in [6.07, 6.45) is 6.18. The maximum Gasteiger partial charge on any atom is 0.407 e. The molecule has 1 unspecified atom stereocenters. The fourth-order valence-electron chi connectivity index (χ4n) is 7.44. The van der Waals surface area contributed by atoms with E-state index in [1.807, 2.05) is 42.6 Å². The van der Waals surface area contributed by atoms with E-state index in [2.05, 4.69) is 22.0 Å². The van der Waals surface area contributed by atoms with Crippen LogP contribution in [0.5, 0.6) is 5.88 Å². The number of methoxy groups -OCH3 is 1. The molecule has 3 amide bonds. The van der Waals surface area contributed by atoms with Crippen molar-refractivity contribution < 1.29 is 24.2 Å². The van der Waals surface area contributed by atoms with Crippen LogP contribution in [0.4, 0.5) is 4.79 Å². The van der Waals surface area contributed by atoms with Gasteiger partial charge in [0.1, 0.15) is 0 Å². The highest BCUT2D eigenvalue weighted by Crippen LogP contribution is 2.43. The topological polar surface area (TPSA) is 146 Å². The third kappa shape index (κ3) is 7.58. The third-order valence-corrected chi connectivity index (χ3v) is 10.9. The molecule has 7 rings (SSSR count). The molecule has 3 atom stereocenters. The molecule has 11 nitrogen and oxygen atoms in total. The lowest BCUT2D eigenvalue weighted by Crippen LogP contribution is -2.41. The molecule has 3 aliphatic rings. The number of hydrogen-bond acceptors (Lipinski definition) is 7. The van der Waals surface area contributed by atoms with Gasteiger partial charge in [0.15, 0.2) is 0 Å². The molecular weight excluding hydrogens is 703 g/mol. The normalized spacial score (nSPS) is 19.6. The Morgan fingerprint density at radius 3 is 2.27 bits per heavy atom. The van der Waals surface area contributed by atoms with Gasteiger partial charge in [-0.3, -0.25) is 14.6 Å². The molecule has 2 fully saturated rings. The molecule has 0 bridgehead atoms. The van der Waals surface area contributed by atoms with Crippen molar-refractivity contribution in [3.05, 3.63) is 87.7 Å². The van der Waals surface area contributed by atoms with Crippen LogP contribution in [0.15, 0.2) is 60.8 Å². The minimum absolute atomic E-state index is 0.0448. The number of nitrogens with one attached hydrogen (secondary N) is 3. The zero-order chi connectivity index (χ0) is 36.4. The van der Waals surface area contributed by atoms with Crippen molar-refractivity contribution in [1.82, 2.24) is 30.8 Å². The minimum atomic E-state index is -1.10. The summed E-state index contributed by atoms with van der Waals surface area (Å²) in [5.41, 5.74) is 7.33. The summed E-state index contributed by atoms with van der Waals surface area (Å²) in [6, 6.07) is 17.4. The number of benzene rings is 2. The van der Waals surface area contributed by atoms with Crippen LogP contribution in [-0.2, 0) is 22.6 Å². The number of ether oxygens (including phenoxy) is 1. The van der Waals surface area contributed by atoms with Crippen LogP contribution in [-0.4, -0.2) is 70.2 Å². The number of nitrogens with zero attached hydrogens (tertiary/aromatic N) is 3. The molecule has 0 spiro atoms. The second-order valence-electron chi connectivity index (χ2n) is 13.6. The Kier molecular flexibility index (Phi) is 10.6. The lowest BCUT2D eigenvalue weighted by Gasteiger charge is -2.27. The standard InChI is InChI=1S/C39H40Cl2N6O5/c1-52-38-23(20-47(39(50)51)21-26-13-16-34(49)45-26)11-14-31(46-38)30-9-4-8-29(36(30)41)28-7-3-6-27(35(28)40)24-17-22-5-2-10-32(37(22)43-18-24)42-19-25-12-15-33(48)44-25/h3-4,6-9,11,14,17-18,25-26,32,42H,2,5,10,12-13,15-16,19-21H2,1H3,(H,44,48)(H,45,49)(H,50,51)/t25-,26-,32?/m0/s1. The van der Waals surface area contributed by atoms with Crippen molar-refractivity contribution in [2.24, 2.45) is 0 Å². The highest BCUT2D eigenvalue weighted by atomic mass is 35.5. The average molecular weight is 744 g/mol. The molecule has 13 heteroatoms. The second kappa shape index (κ2) is 15.5. The van der Waals surface area contributed by atoms with Crippen LogP contribution < -0.4 is 20.7 Å². The molecule has 4 heterocycles. The summed E-state index contributed by atoms with van der Waals surface area (Å²) in [5, 5.41) is 20.4. The quantitative estimate of drug-likeness (QED) is 0.131. The second-order valence-corrected chi connectivity index (χ2v) is 14.3. The molecule has 2 aromatic carbocycles. The number of amides is 3. The first-order chi connectivity index (χ1) is 25.2. The Hall–Kier alpha value is -4.71. The first kappa shape index (κ1) is 35.7. The van der Waals surface area contributed by atoms with E-state index in [0.29, 0.717) is 46.1 Å². The summed E-state index contributed by atoms with van der Waals surface area (Å²) in [6.45, 7) is 0.940. The van der Waals surface area contributed by atoms with E-state index in [1.54, 1.807) is 12.1 Å². The van der Waals surface area contributed by atoms with Gasteiger partial charge in [0, 0.05) is 83.6 Å². The van der Waals surface area contributed by atoms with Crippen LogP contribution in [0.2, 0.25) is 10.0 Å². The van der Waals surface area contributed by atoms with Gasteiger partial charge in [0.25, 0.3) is 0 Å². The molecule has 0 saturated carbocycles. The Labute approximate surface area is 312 Å². The summed E-state index contributed by atoms with van der Waals surface area (Å²) >= 11 is 14.3. The van der Waals surface area contributed by atoms with Crippen molar-refractivity contribution >= 4 is 41.1 Å². The molecule has 1 aliphatic carbocycles. The minimum Gasteiger partial charge on any atom is -0.481 e. The molecule has 2 saturated heterocycles. The number of carboxylic acid groups (broad SMARTS) is 1. The molecule has 2 aromatic heterocycles. The van der Waals surface area contributed by atoms with Gasteiger partial charge in [-0.25, -0.2) is 9.78 Å². The van der Waals surface area contributed by atoms with Gasteiger partial charge < -0.3 is 30.7 Å². The number of carbonyl (C=O) groups is 3. The van der Waals surface area contributed by atoms with Crippen LogP contribution >= 0.6 is 23.2 Å². The van der Waals surface area contributed by atoms with Crippen LogP contribution in [0.1, 0.15) is 61.4 Å². The number of rotatable bonds is 11. The largest absolute Gasteiger partial charge is 0.481 e. The van der Waals surface area contributed by atoms with Gasteiger partial charge in [0.05, 0.1) is 35.1 Å². The first-order valence-corrected chi connectivity index (χ1v) is 18.3. The fraction of sp³-hybridized carbons (Fsp3) is 0.359. The summed E-state index contributed by atoms with van der Waals surface area (Å²) in [5.74, 6) is 0.327. The summed E-state index contributed by atoms with van der Waals surface area (Å²) in [7, 11) is 1.49. The van der Waals surface area contributed by atoms with Gasteiger partial charge >= 0.3 is 6.09 Å². The zero-order valence-corrected chi connectivity index (χ0v) is 30.3. The Bertz CT molecular complexity index is 2030. The number of aromatic nitrogens is 2. The van der Waals surface area contributed by atoms with Crippen molar-refractivity contribution in [3.63, 3.8) is 0 Å². The number of fused-ring (bicyclic) bond motifs is 1. The molecule has 270 valence electrons. The van der Waals surface area contributed by atoms with Crippen molar-refractivity contribution in [2.45, 2.75) is 69.6 Å². The highest BCUT2D eigenvalue weighted by molar-refractivity contribution is 6.39. The lowest BCUT2D eigenvalue weighted by atomic mass is 9.89. The van der Waals surface area contributed by atoms with Crippen LogP contribution in [0.25, 0.3) is 33.5 Å². The van der Waals surface area contributed by atoms with Crippen molar-refractivity contribution in [3.8, 4) is 39.4 Å². The molecule has 4 aromatic rings. The first-order valence-electron chi connectivity index (χ1n) is 17.6. The SMILES string of the molecule is COc1nc(-c2cccc(-c3cccc(-c4cnc5c(c4)CCCC5NC[C@@H]4CCC(=O)N4)c3Cl)c2Cl)ccc1CN(C[C@@H]1CCC(=O)N1)C(=O)O. The van der Waals surface area contributed by atoms with Gasteiger partial charge in [0.2, 0.25) is 17.7 Å². The van der Waals surface area contributed by atoms with E-state index in [1.165, 1.54) is 17.6 Å². The number of carbonyl (C=O) groups excluding carboxylic acids is 2. The summed E-state index contributed by atoms with van der Waals surface area (Å²) in [4.78, 5) is 46.3. The third-order valence-electron chi connectivity index (χ3n) is 10.1. The monoisotopic (exact) mass is 742 g/mol. The van der Waals surface area contributed by atoms with Gasteiger partial charge in [-0.15, -0.1) is 0 Å². The van der Waals surface area contributed by atoms with E-state index in [0.717, 1.165) is 60.2 Å². The predicted octanol–water partition coefficient (Wildman–Crippen LogP) is 6.80. The predicted molar refractivity (Wildman–Crippen MR) is 199 cm³/mol. The Morgan fingerprint density at radius 1 is 0.923 bits per heavy atom. The Morgan fingerprint density at radius 2 is 1.60 bits per heavy atom. The average Bonchev–Trinajstić information content (AvgIpc) is 3.77. The van der Waals surface area contributed by atoms with Gasteiger partial charge in [-0.1, -0.05) is 59.6 Å². The molecule has 2 aliphatic heterocycles. The van der Waals surface area contributed by atoms with E-state index in [-0.39, 0.29) is 48.9 Å². The van der Waals surface area contributed by atoms with Gasteiger partial charge in [-0.05, 0) is 55.9 Å². The molecule has 52 heavy (non-hydrogen) atoms. The maximum atomic E-state index is 12.1. The molecule has 4 N–H and O–H groups in total. The zero-order valence-electron chi connectivity index (χ0n) is 28.8. The fourth-order valence-corrected chi connectivity index (χ4v) is 8.10. The Balaban J connectivity index is 1.12. The lowest BCUT2D eigenvalue weighted by molar-refractivity contribution is -0.120.